The Hall–Kier alpha value is -2.66. The molecule has 0 spiro atoms. The molecule has 0 bridgehead atoms. The summed E-state index contributed by atoms with van der Waals surface area (Å²) in [5, 5.41) is 3.02. The van der Waals surface area contributed by atoms with Crippen molar-refractivity contribution < 1.29 is 9.59 Å². The average molecular weight is 406 g/mol. The van der Waals surface area contributed by atoms with Crippen molar-refractivity contribution in [2.45, 2.75) is 45.2 Å². The molecule has 1 unspecified atom stereocenters. The molecule has 0 saturated carbocycles. The van der Waals surface area contributed by atoms with Gasteiger partial charge >= 0.3 is 0 Å². The molecule has 2 aromatic rings. The molecule has 1 saturated heterocycles. The monoisotopic (exact) mass is 405 g/mol. The van der Waals surface area contributed by atoms with Gasteiger partial charge in [-0.05, 0) is 49.3 Å². The lowest BCUT2D eigenvalue weighted by Gasteiger charge is -2.39. The molecular formula is C25H31N3O2. The van der Waals surface area contributed by atoms with Gasteiger partial charge in [-0.3, -0.25) is 14.5 Å². The number of fused-ring (bicyclic) bond motifs is 1. The van der Waals surface area contributed by atoms with Gasteiger partial charge in [0, 0.05) is 26.2 Å². The number of amides is 2. The van der Waals surface area contributed by atoms with Gasteiger partial charge in [0.1, 0.15) is 6.04 Å². The third-order valence-electron chi connectivity index (χ3n) is 6.24. The third kappa shape index (κ3) is 4.73. The summed E-state index contributed by atoms with van der Waals surface area (Å²) in [5.74, 6) is 0.111. The molecule has 2 aromatic carbocycles. The van der Waals surface area contributed by atoms with E-state index < -0.39 is 0 Å². The van der Waals surface area contributed by atoms with E-state index in [0.717, 1.165) is 50.0 Å². The second-order valence-electron chi connectivity index (χ2n) is 8.47. The third-order valence-corrected chi connectivity index (χ3v) is 6.24. The molecule has 1 fully saturated rings. The number of nitrogens with zero attached hydrogens (tertiary/aromatic N) is 2. The number of carbonyl (C=O) groups is 2. The quantitative estimate of drug-likeness (QED) is 0.831. The zero-order chi connectivity index (χ0) is 20.9. The van der Waals surface area contributed by atoms with Gasteiger partial charge in [0.2, 0.25) is 11.8 Å². The summed E-state index contributed by atoms with van der Waals surface area (Å²) in [5.41, 5.74) is 4.57. The van der Waals surface area contributed by atoms with Gasteiger partial charge in [0.05, 0.1) is 6.54 Å². The van der Waals surface area contributed by atoms with Crippen LogP contribution in [0.3, 0.4) is 0 Å². The van der Waals surface area contributed by atoms with Crippen LogP contribution in [0.5, 0.6) is 0 Å². The Kier molecular flexibility index (Phi) is 6.48. The maximum absolute atomic E-state index is 13.5. The Morgan fingerprint density at radius 2 is 1.70 bits per heavy atom. The molecule has 2 aliphatic rings. The Balaban J connectivity index is 1.46. The standard InChI is InChI=1S/C25H31N3O2/c1-19-9-11-20(12-10-19)17-26-23(29)18-28-16-13-21-7-3-4-8-22(21)24(28)25(30)27-14-5-2-6-15-27/h3-4,7-12,24H,2,5-6,13-18H2,1H3,(H,26,29). The van der Waals surface area contributed by atoms with Crippen molar-refractivity contribution in [3.63, 3.8) is 0 Å². The Morgan fingerprint density at radius 1 is 0.967 bits per heavy atom. The van der Waals surface area contributed by atoms with Gasteiger partial charge in [-0.15, -0.1) is 0 Å². The van der Waals surface area contributed by atoms with Crippen molar-refractivity contribution in [1.29, 1.82) is 0 Å². The van der Waals surface area contributed by atoms with E-state index in [1.807, 2.05) is 29.2 Å². The number of aryl methyl sites for hydroxylation is 1. The number of likely N-dealkylation sites (tertiary alicyclic amines) is 1. The predicted molar refractivity (Wildman–Crippen MR) is 118 cm³/mol. The van der Waals surface area contributed by atoms with E-state index in [4.69, 9.17) is 0 Å². The summed E-state index contributed by atoms with van der Waals surface area (Å²) < 4.78 is 0. The van der Waals surface area contributed by atoms with Crippen molar-refractivity contribution in [3.05, 3.63) is 70.8 Å². The molecule has 2 aliphatic heterocycles. The summed E-state index contributed by atoms with van der Waals surface area (Å²) in [6.45, 7) is 5.17. The number of benzene rings is 2. The molecule has 5 heteroatoms. The molecular weight excluding hydrogens is 374 g/mol. The predicted octanol–water partition coefficient (Wildman–Crippen LogP) is 3.22. The zero-order valence-electron chi connectivity index (χ0n) is 17.8. The van der Waals surface area contributed by atoms with Gasteiger partial charge in [0.25, 0.3) is 0 Å². The number of nitrogens with one attached hydrogen (secondary N) is 1. The lowest BCUT2D eigenvalue weighted by Crippen LogP contribution is -2.50. The van der Waals surface area contributed by atoms with Crippen LogP contribution >= 0.6 is 0 Å². The number of carbonyl (C=O) groups excluding carboxylic acids is 2. The molecule has 0 radical (unpaired) electrons. The summed E-state index contributed by atoms with van der Waals surface area (Å²) >= 11 is 0. The van der Waals surface area contributed by atoms with E-state index in [1.165, 1.54) is 17.5 Å². The minimum absolute atomic E-state index is 0.0357. The highest BCUT2D eigenvalue weighted by molar-refractivity contribution is 5.85. The van der Waals surface area contributed by atoms with Crippen LogP contribution in [0, 0.1) is 6.92 Å². The van der Waals surface area contributed by atoms with E-state index in [2.05, 4.69) is 41.4 Å². The highest BCUT2D eigenvalue weighted by Crippen LogP contribution is 2.31. The smallest absolute Gasteiger partial charge is 0.244 e. The fourth-order valence-corrected chi connectivity index (χ4v) is 4.51. The molecule has 1 N–H and O–H groups in total. The van der Waals surface area contributed by atoms with Crippen LogP contribution in [-0.2, 0) is 22.6 Å². The van der Waals surface area contributed by atoms with Gasteiger partial charge in [0.15, 0.2) is 0 Å². The van der Waals surface area contributed by atoms with E-state index in [-0.39, 0.29) is 24.4 Å². The van der Waals surface area contributed by atoms with Crippen LogP contribution in [0.25, 0.3) is 0 Å². The first-order valence-corrected chi connectivity index (χ1v) is 11.0. The van der Waals surface area contributed by atoms with E-state index in [0.29, 0.717) is 6.54 Å². The molecule has 2 heterocycles. The topological polar surface area (TPSA) is 52.7 Å². The Morgan fingerprint density at radius 3 is 2.47 bits per heavy atom. The first-order chi connectivity index (χ1) is 14.6. The van der Waals surface area contributed by atoms with Crippen LogP contribution in [0.2, 0.25) is 0 Å². The first-order valence-electron chi connectivity index (χ1n) is 11.0. The minimum atomic E-state index is -0.363. The van der Waals surface area contributed by atoms with Crippen LogP contribution in [-0.4, -0.2) is 47.8 Å². The van der Waals surface area contributed by atoms with E-state index >= 15 is 0 Å². The van der Waals surface area contributed by atoms with Gasteiger partial charge in [-0.25, -0.2) is 0 Å². The molecule has 30 heavy (non-hydrogen) atoms. The second-order valence-corrected chi connectivity index (χ2v) is 8.47. The van der Waals surface area contributed by atoms with E-state index in [9.17, 15) is 9.59 Å². The highest BCUT2D eigenvalue weighted by atomic mass is 16.2. The lowest BCUT2D eigenvalue weighted by atomic mass is 9.91. The van der Waals surface area contributed by atoms with Crippen LogP contribution < -0.4 is 5.32 Å². The molecule has 0 aliphatic carbocycles. The minimum Gasteiger partial charge on any atom is -0.351 e. The Bertz CT molecular complexity index is 888. The van der Waals surface area contributed by atoms with Crippen molar-refractivity contribution in [2.24, 2.45) is 0 Å². The van der Waals surface area contributed by atoms with Gasteiger partial charge in [-0.1, -0.05) is 54.1 Å². The second kappa shape index (κ2) is 9.43. The molecule has 5 nitrogen and oxygen atoms in total. The average Bonchev–Trinajstić information content (AvgIpc) is 2.79. The van der Waals surface area contributed by atoms with Crippen molar-refractivity contribution in [1.82, 2.24) is 15.1 Å². The summed E-state index contributed by atoms with van der Waals surface area (Å²) in [6, 6.07) is 16.0. The van der Waals surface area contributed by atoms with Crippen molar-refractivity contribution in [2.75, 3.05) is 26.2 Å². The van der Waals surface area contributed by atoms with Gasteiger partial charge < -0.3 is 10.2 Å². The summed E-state index contributed by atoms with van der Waals surface area (Å²) in [7, 11) is 0. The molecule has 1 atom stereocenters. The van der Waals surface area contributed by atoms with Crippen LogP contribution in [0.4, 0.5) is 0 Å². The van der Waals surface area contributed by atoms with E-state index in [1.54, 1.807) is 0 Å². The number of hydrogen-bond acceptors (Lipinski definition) is 3. The van der Waals surface area contributed by atoms with Crippen molar-refractivity contribution in [3.8, 4) is 0 Å². The molecule has 4 rings (SSSR count). The normalized spacial score (nSPS) is 19.2. The fraction of sp³-hybridized carbons (Fsp3) is 0.440. The lowest BCUT2D eigenvalue weighted by molar-refractivity contribution is -0.139. The van der Waals surface area contributed by atoms with Crippen LogP contribution in [0.15, 0.2) is 48.5 Å². The van der Waals surface area contributed by atoms with Crippen molar-refractivity contribution >= 4 is 11.8 Å². The molecule has 2 amide bonds. The fourth-order valence-electron chi connectivity index (χ4n) is 4.51. The van der Waals surface area contributed by atoms with Gasteiger partial charge in [-0.2, -0.15) is 0 Å². The number of hydrogen-bond donors (Lipinski definition) is 1. The SMILES string of the molecule is Cc1ccc(CNC(=O)CN2CCc3ccccc3C2C(=O)N2CCCCC2)cc1. The number of rotatable bonds is 5. The summed E-state index contributed by atoms with van der Waals surface area (Å²) in [6.07, 6.45) is 4.19. The molecule has 158 valence electrons. The zero-order valence-corrected chi connectivity index (χ0v) is 17.8. The maximum atomic E-state index is 13.5. The Labute approximate surface area is 179 Å². The maximum Gasteiger partial charge on any atom is 0.244 e. The molecule has 0 aromatic heterocycles. The van der Waals surface area contributed by atoms with Crippen LogP contribution in [0.1, 0.15) is 47.6 Å². The first kappa shape index (κ1) is 20.6. The highest BCUT2D eigenvalue weighted by Gasteiger charge is 2.36. The summed E-state index contributed by atoms with van der Waals surface area (Å²) in [4.78, 5) is 30.3. The number of piperidine rings is 1. The largest absolute Gasteiger partial charge is 0.351 e.